The Kier molecular flexibility index (Phi) is 9.87. The summed E-state index contributed by atoms with van der Waals surface area (Å²) in [5, 5.41) is 17.2. The number of likely N-dealkylation sites (tertiary alicyclic amines) is 1. The van der Waals surface area contributed by atoms with Gasteiger partial charge in [0.1, 0.15) is 0 Å². The van der Waals surface area contributed by atoms with E-state index in [1.807, 2.05) is 17.8 Å². The van der Waals surface area contributed by atoms with Crippen molar-refractivity contribution in [2.45, 2.75) is 37.8 Å². The molecule has 2 heterocycles. The molecule has 0 bridgehead atoms. The number of nitrogens with one attached hydrogen (secondary N) is 2. The lowest BCUT2D eigenvalue weighted by molar-refractivity contribution is 0.0778. The van der Waals surface area contributed by atoms with E-state index in [2.05, 4.69) is 34.0 Å². The Hall–Kier alpha value is 0.01000. The highest BCUT2D eigenvalue weighted by atomic mass is 127. The fraction of sp³-hybridized carbons (Fsp3) is 0.812. The summed E-state index contributed by atoms with van der Waals surface area (Å²) in [5.41, 5.74) is -0.611. The van der Waals surface area contributed by atoms with Crippen LogP contribution < -0.4 is 10.6 Å². The third-order valence-electron chi connectivity index (χ3n) is 4.27. The number of piperidine rings is 1. The number of hydrogen-bond donors (Lipinski definition) is 3. The third-order valence-corrected chi connectivity index (χ3v) is 5.51. The van der Waals surface area contributed by atoms with E-state index in [9.17, 15) is 5.11 Å². The molecule has 0 aromatic rings. The minimum absolute atomic E-state index is 0. The largest absolute Gasteiger partial charge is 0.387 e. The van der Waals surface area contributed by atoms with Gasteiger partial charge in [0.25, 0.3) is 0 Å². The lowest BCUT2D eigenvalue weighted by Gasteiger charge is -2.32. The number of thioether (sulfide) groups is 1. The fourth-order valence-corrected chi connectivity index (χ4v) is 4.19. The first-order valence-electron chi connectivity index (χ1n) is 8.33. The van der Waals surface area contributed by atoms with Crippen LogP contribution in [0.15, 0.2) is 17.6 Å². The van der Waals surface area contributed by atoms with E-state index in [0.717, 1.165) is 62.9 Å². The summed E-state index contributed by atoms with van der Waals surface area (Å²) in [6.45, 7) is 10.4. The molecule has 2 fully saturated rings. The van der Waals surface area contributed by atoms with Crippen molar-refractivity contribution in [3.05, 3.63) is 12.7 Å². The molecule has 0 aliphatic carbocycles. The molecular formula is C16H31IN4OS. The van der Waals surface area contributed by atoms with Crippen molar-refractivity contribution in [1.82, 2.24) is 15.5 Å². The van der Waals surface area contributed by atoms with Crippen molar-refractivity contribution >= 4 is 41.7 Å². The Morgan fingerprint density at radius 2 is 2.22 bits per heavy atom. The van der Waals surface area contributed by atoms with Gasteiger partial charge < -0.3 is 15.7 Å². The molecule has 0 amide bonds. The summed E-state index contributed by atoms with van der Waals surface area (Å²) < 4.78 is 0. The summed E-state index contributed by atoms with van der Waals surface area (Å²) >= 11 is 1.81. The maximum Gasteiger partial charge on any atom is 0.191 e. The van der Waals surface area contributed by atoms with Crippen LogP contribution in [0.5, 0.6) is 0 Å². The molecule has 0 aromatic heterocycles. The standard InChI is InChI=1S/C16H30N4OS.HI/c1-3-8-20-9-5-14(6-10-20)19-15(17-4-2)18-12-16(21)7-11-22-13-16;/h3,14,21H,1,4-13H2,2H3,(H2,17,18,19);1H. The van der Waals surface area contributed by atoms with Gasteiger partial charge in [-0.2, -0.15) is 11.8 Å². The SMILES string of the molecule is C=CCN1CCC(NC(=NCC2(O)CCSC2)NCC)CC1.I. The first-order chi connectivity index (χ1) is 10.6. The van der Waals surface area contributed by atoms with Crippen molar-refractivity contribution in [2.24, 2.45) is 4.99 Å². The van der Waals surface area contributed by atoms with Crippen LogP contribution in [0.1, 0.15) is 26.2 Å². The van der Waals surface area contributed by atoms with E-state index in [4.69, 9.17) is 0 Å². The van der Waals surface area contributed by atoms with Gasteiger partial charge in [-0.1, -0.05) is 6.08 Å². The normalized spacial score (nSPS) is 26.6. The Bertz CT molecular complexity index is 380. The van der Waals surface area contributed by atoms with Gasteiger partial charge >= 0.3 is 0 Å². The number of aliphatic hydroxyl groups is 1. The van der Waals surface area contributed by atoms with Crippen molar-refractivity contribution in [3.8, 4) is 0 Å². The quantitative estimate of drug-likeness (QED) is 0.247. The molecule has 2 rings (SSSR count). The van der Waals surface area contributed by atoms with Gasteiger partial charge in [0.05, 0.1) is 12.1 Å². The van der Waals surface area contributed by atoms with E-state index in [1.165, 1.54) is 0 Å². The zero-order valence-electron chi connectivity index (χ0n) is 14.1. The van der Waals surface area contributed by atoms with Gasteiger partial charge in [-0.05, 0) is 31.9 Å². The van der Waals surface area contributed by atoms with E-state index in [1.54, 1.807) is 0 Å². The minimum Gasteiger partial charge on any atom is -0.387 e. The van der Waals surface area contributed by atoms with Gasteiger partial charge in [-0.25, -0.2) is 0 Å². The van der Waals surface area contributed by atoms with Crippen LogP contribution in [0.3, 0.4) is 0 Å². The second-order valence-corrected chi connectivity index (χ2v) is 7.34. The molecule has 2 aliphatic heterocycles. The number of hydrogen-bond acceptors (Lipinski definition) is 4. The average Bonchev–Trinajstić information content (AvgIpc) is 2.95. The molecule has 134 valence electrons. The van der Waals surface area contributed by atoms with Gasteiger partial charge in [0, 0.05) is 38.0 Å². The molecule has 0 spiro atoms. The maximum atomic E-state index is 10.4. The summed E-state index contributed by atoms with van der Waals surface area (Å²) in [7, 11) is 0. The molecule has 0 saturated carbocycles. The lowest BCUT2D eigenvalue weighted by Crippen LogP contribution is -2.49. The molecule has 0 aromatic carbocycles. The summed E-state index contributed by atoms with van der Waals surface area (Å²) in [4.78, 5) is 7.04. The summed E-state index contributed by atoms with van der Waals surface area (Å²) in [5.74, 6) is 2.68. The van der Waals surface area contributed by atoms with E-state index < -0.39 is 5.60 Å². The van der Waals surface area contributed by atoms with Crippen LogP contribution in [-0.4, -0.2) is 71.8 Å². The number of halogens is 1. The van der Waals surface area contributed by atoms with Crippen molar-refractivity contribution in [2.75, 3.05) is 44.2 Å². The fourth-order valence-electron chi connectivity index (χ4n) is 2.90. The molecule has 3 N–H and O–H groups in total. The van der Waals surface area contributed by atoms with Crippen LogP contribution in [0.4, 0.5) is 0 Å². The number of rotatable bonds is 6. The van der Waals surface area contributed by atoms with Crippen molar-refractivity contribution in [1.29, 1.82) is 0 Å². The molecule has 5 nitrogen and oxygen atoms in total. The minimum atomic E-state index is -0.611. The van der Waals surface area contributed by atoms with Crippen molar-refractivity contribution in [3.63, 3.8) is 0 Å². The topological polar surface area (TPSA) is 59.9 Å². The van der Waals surface area contributed by atoms with E-state index >= 15 is 0 Å². The molecule has 0 radical (unpaired) electrons. The predicted octanol–water partition coefficient (Wildman–Crippen LogP) is 1.68. The van der Waals surface area contributed by atoms with Crippen LogP contribution in [0, 0.1) is 0 Å². The molecule has 1 atom stereocenters. The summed E-state index contributed by atoms with van der Waals surface area (Å²) in [6.07, 6.45) is 5.07. The Labute approximate surface area is 161 Å². The second-order valence-electron chi connectivity index (χ2n) is 6.23. The number of aliphatic imine (C=N–C) groups is 1. The second kappa shape index (κ2) is 10.8. The van der Waals surface area contributed by atoms with Crippen LogP contribution in [0.2, 0.25) is 0 Å². The monoisotopic (exact) mass is 454 g/mol. The smallest absolute Gasteiger partial charge is 0.191 e. The molecule has 2 saturated heterocycles. The molecular weight excluding hydrogens is 423 g/mol. The highest BCUT2D eigenvalue weighted by molar-refractivity contribution is 14.0. The summed E-state index contributed by atoms with van der Waals surface area (Å²) in [6, 6.07) is 0.464. The number of nitrogens with zero attached hydrogens (tertiary/aromatic N) is 2. The van der Waals surface area contributed by atoms with Crippen LogP contribution in [-0.2, 0) is 0 Å². The van der Waals surface area contributed by atoms with Gasteiger partial charge in [-0.3, -0.25) is 9.89 Å². The zero-order valence-corrected chi connectivity index (χ0v) is 17.2. The Morgan fingerprint density at radius 3 is 2.78 bits per heavy atom. The van der Waals surface area contributed by atoms with Crippen LogP contribution >= 0.6 is 35.7 Å². The molecule has 1 unspecified atom stereocenters. The zero-order chi connectivity index (χ0) is 15.8. The van der Waals surface area contributed by atoms with Gasteiger partial charge in [-0.15, -0.1) is 30.6 Å². The van der Waals surface area contributed by atoms with Gasteiger partial charge in [0.2, 0.25) is 0 Å². The Balaban J connectivity index is 0.00000264. The highest BCUT2D eigenvalue weighted by Crippen LogP contribution is 2.27. The predicted molar refractivity (Wildman–Crippen MR) is 111 cm³/mol. The van der Waals surface area contributed by atoms with Gasteiger partial charge in [0.15, 0.2) is 5.96 Å². The van der Waals surface area contributed by atoms with E-state index in [0.29, 0.717) is 12.6 Å². The van der Waals surface area contributed by atoms with Crippen LogP contribution in [0.25, 0.3) is 0 Å². The molecule has 7 heteroatoms. The molecule has 23 heavy (non-hydrogen) atoms. The first kappa shape index (κ1) is 21.1. The Morgan fingerprint density at radius 1 is 1.48 bits per heavy atom. The molecule has 2 aliphatic rings. The number of guanidine groups is 1. The van der Waals surface area contributed by atoms with Crippen molar-refractivity contribution < 1.29 is 5.11 Å². The third kappa shape index (κ3) is 7.19. The first-order valence-corrected chi connectivity index (χ1v) is 9.49. The van der Waals surface area contributed by atoms with E-state index in [-0.39, 0.29) is 24.0 Å². The average molecular weight is 454 g/mol. The maximum absolute atomic E-state index is 10.4. The highest BCUT2D eigenvalue weighted by Gasteiger charge is 2.31. The lowest BCUT2D eigenvalue weighted by atomic mass is 10.0.